The van der Waals surface area contributed by atoms with Gasteiger partial charge < -0.3 is 19.4 Å². The number of carbonyl (C=O) groups excluding carboxylic acids is 2. The van der Waals surface area contributed by atoms with Crippen molar-refractivity contribution in [3.8, 4) is 11.1 Å². The number of nitrogens with one attached hydrogen (secondary N) is 1. The number of amides is 1. The first-order chi connectivity index (χ1) is 20.2. The van der Waals surface area contributed by atoms with E-state index in [2.05, 4.69) is 29.6 Å². The van der Waals surface area contributed by atoms with Crippen LogP contribution in [0.25, 0.3) is 28.0 Å². The number of rotatable bonds is 7. The van der Waals surface area contributed by atoms with E-state index in [0.29, 0.717) is 11.0 Å². The van der Waals surface area contributed by atoms with Crippen LogP contribution in [0.2, 0.25) is 0 Å². The lowest BCUT2D eigenvalue weighted by Crippen LogP contribution is -2.41. The number of fused-ring (bicyclic) bond motifs is 4. The summed E-state index contributed by atoms with van der Waals surface area (Å²) in [4.78, 5) is 25.1. The first-order valence-corrected chi connectivity index (χ1v) is 14.3. The first kappa shape index (κ1) is 27.9. The maximum absolute atomic E-state index is 13.1. The summed E-state index contributed by atoms with van der Waals surface area (Å²) in [6.07, 6.45) is 2.21. The van der Waals surface area contributed by atoms with E-state index in [-0.39, 0.29) is 19.1 Å². The predicted octanol–water partition coefficient (Wildman–Crippen LogP) is 7.21. The lowest BCUT2D eigenvalue weighted by atomic mass is 9.76. The van der Waals surface area contributed by atoms with E-state index in [1.54, 1.807) is 0 Å². The second kappa shape index (κ2) is 10.9. The Morgan fingerprint density at radius 2 is 1.45 bits per heavy atom. The van der Waals surface area contributed by atoms with Crippen LogP contribution in [-0.4, -0.2) is 43.9 Å². The van der Waals surface area contributed by atoms with Gasteiger partial charge in [-0.25, -0.2) is 4.79 Å². The standard InChI is InChI=1S/C35H34BNO5/c1-34(2)35(3,4)42-36(41-34)25(19-31-24(21-38)18-17-23-11-5-6-12-26(23)31)20-37-33(39)40-22-32-29-15-9-7-13-27(29)28-14-8-10-16-30(28)32/h5-19,21,32H,20,22H2,1-4H3,(H,37,39). The molecule has 0 bridgehead atoms. The lowest BCUT2D eigenvalue weighted by molar-refractivity contribution is 0.00578. The van der Waals surface area contributed by atoms with Crippen molar-refractivity contribution >= 4 is 36.3 Å². The Kier molecular flexibility index (Phi) is 7.25. The van der Waals surface area contributed by atoms with Gasteiger partial charge in [-0.2, -0.15) is 0 Å². The fraction of sp³-hybridized carbons (Fsp3) is 0.257. The molecule has 0 saturated carbocycles. The highest BCUT2D eigenvalue weighted by Gasteiger charge is 2.52. The fourth-order valence-corrected chi connectivity index (χ4v) is 5.78. The van der Waals surface area contributed by atoms with Crippen molar-refractivity contribution in [3.05, 3.63) is 113 Å². The summed E-state index contributed by atoms with van der Waals surface area (Å²) in [6, 6.07) is 28.1. The zero-order valence-corrected chi connectivity index (χ0v) is 24.3. The normalized spacial score (nSPS) is 17.1. The molecule has 2 aliphatic rings. The van der Waals surface area contributed by atoms with Gasteiger partial charge in [0.25, 0.3) is 0 Å². The minimum Gasteiger partial charge on any atom is -0.449 e. The molecular weight excluding hydrogens is 525 g/mol. The van der Waals surface area contributed by atoms with Gasteiger partial charge in [-0.15, -0.1) is 0 Å². The van der Waals surface area contributed by atoms with Crippen LogP contribution in [0.5, 0.6) is 0 Å². The molecule has 0 aromatic heterocycles. The van der Waals surface area contributed by atoms with Crippen LogP contribution in [0, 0.1) is 0 Å². The predicted molar refractivity (Wildman–Crippen MR) is 166 cm³/mol. The van der Waals surface area contributed by atoms with Gasteiger partial charge in [-0.3, -0.25) is 4.79 Å². The Morgan fingerprint density at radius 1 is 0.857 bits per heavy atom. The smallest absolute Gasteiger partial charge is 0.449 e. The summed E-state index contributed by atoms with van der Waals surface area (Å²) in [5, 5.41) is 4.85. The van der Waals surface area contributed by atoms with Crippen molar-refractivity contribution in [3.63, 3.8) is 0 Å². The maximum Gasteiger partial charge on any atom is 0.492 e. The molecule has 6 nitrogen and oxygen atoms in total. The zero-order valence-electron chi connectivity index (χ0n) is 24.3. The van der Waals surface area contributed by atoms with Gasteiger partial charge >= 0.3 is 13.2 Å². The average Bonchev–Trinajstić information content (AvgIpc) is 3.42. The van der Waals surface area contributed by atoms with Gasteiger partial charge in [0.05, 0.1) is 11.2 Å². The third-order valence-corrected chi connectivity index (χ3v) is 8.80. The molecule has 4 aromatic carbocycles. The van der Waals surface area contributed by atoms with Crippen LogP contribution in [-0.2, 0) is 14.0 Å². The largest absolute Gasteiger partial charge is 0.492 e. The molecule has 0 atom stereocenters. The summed E-state index contributed by atoms with van der Waals surface area (Å²) < 4.78 is 18.5. The third-order valence-electron chi connectivity index (χ3n) is 8.80. The number of benzene rings is 4. The van der Waals surface area contributed by atoms with Gasteiger partial charge in [0.1, 0.15) is 6.61 Å². The van der Waals surface area contributed by atoms with Crippen LogP contribution in [0.15, 0.2) is 90.4 Å². The Labute approximate surface area is 246 Å². The van der Waals surface area contributed by atoms with Crippen molar-refractivity contribution in [1.82, 2.24) is 5.32 Å². The molecule has 1 fully saturated rings. The summed E-state index contributed by atoms with van der Waals surface area (Å²) in [7, 11) is -0.720. The number of aldehydes is 1. The molecule has 0 unspecified atom stereocenters. The molecular formula is C35H34BNO5. The van der Waals surface area contributed by atoms with Crippen LogP contribution < -0.4 is 5.32 Å². The average molecular weight is 559 g/mol. The van der Waals surface area contributed by atoms with Crippen LogP contribution in [0.1, 0.15) is 60.7 Å². The van der Waals surface area contributed by atoms with Crippen LogP contribution >= 0.6 is 0 Å². The maximum atomic E-state index is 13.1. The molecule has 1 aliphatic carbocycles. The van der Waals surface area contributed by atoms with Crippen molar-refractivity contribution in [2.24, 2.45) is 0 Å². The highest BCUT2D eigenvalue weighted by molar-refractivity contribution is 6.56. The van der Waals surface area contributed by atoms with Crippen molar-refractivity contribution in [2.75, 3.05) is 13.2 Å². The summed E-state index contributed by atoms with van der Waals surface area (Å²) in [5.74, 6) is -0.0351. The second-order valence-electron chi connectivity index (χ2n) is 11.9. The molecule has 1 heterocycles. The zero-order chi connectivity index (χ0) is 29.5. The van der Waals surface area contributed by atoms with Crippen LogP contribution in [0.3, 0.4) is 0 Å². The summed E-state index contributed by atoms with van der Waals surface area (Å²) in [5.41, 5.74) is 5.48. The Balaban J connectivity index is 1.25. The van der Waals surface area contributed by atoms with Crippen molar-refractivity contribution < 1.29 is 23.6 Å². The molecule has 1 amide bonds. The van der Waals surface area contributed by atoms with Gasteiger partial charge in [-0.1, -0.05) is 91.0 Å². The SMILES string of the molecule is CC1(C)OB(C(=Cc2c(C=O)ccc3ccccc23)CNC(=O)OCC2c3ccccc3-c3ccccc32)OC1(C)C. The Hall–Kier alpha value is -4.20. The highest BCUT2D eigenvalue weighted by atomic mass is 16.7. The Bertz CT molecular complexity index is 1650. The molecule has 6 rings (SSSR count). The number of carbonyl (C=O) groups is 2. The number of ether oxygens (including phenoxy) is 1. The van der Waals surface area contributed by atoms with Crippen molar-refractivity contribution in [2.45, 2.75) is 44.8 Å². The first-order valence-electron chi connectivity index (χ1n) is 14.3. The van der Waals surface area contributed by atoms with Gasteiger partial charge in [0.15, 0.2) is 6.29 Å². The van der Waals surface area contributed by atoms with Gasteiger partial charge in [0, 0.05) is 18.0 Å². The molecule has 1 aliphatic heterocycles. The molecule has 42 heavy (non-hydrogen) atoms. The molecule has 0 radical (unpaired) electrons. The van der Waals surface area contributed by atoms with E-state index in [4.69, 9.17) is 14.0 Å². The number of alkyl carbamates (subject to hydrolysis) is 1. The van der Waals surface area contributed by atoms with Gasteiger partial charge in [-0.05, 0) is 71.8 Å². The minimum atomic E-state index is -0.720. The second-order valence-corrected chi connectivity index (χ2v) is 11.9. The van der Waals surface area contributed by atoms with E-state index in [9.17, 15) is 9.59 Å². The van der Waals surface area contributed by atoms with E-state index >= 15 is 0 Å². The minimum absolute atomic E-state index is 0.0351. The van der Waals surface area contributed by atoms with E-state index in [0.717, 1.165) is 33.7 Å². The van der Waals surface area contributed by atoms with Crippen LogP contribution in [0.4, 0.5) is 4.79 Å². The topological polar surface area (TPSA) is 73.9 Å². The monoisotopic (exact) mass is 559 g/mol. The van der Waals surface area contributed by atoms with Crippen molar-refractivity contribution in [1.29, 1.82) is 0 Å². The molecule has 1 N–H and O–H groups in total. The lowest BCUT2D eigenvalue weighted by Gasteiger charge is -2.32. The number of hydrogen-bond acceptors (Lipinski definition) is 5. The summed E-state index contributed by atoms with van der Waals surface area (Å²) >= 11 is 0. The number of hydrogen-bond donors (Lipinski definition) is 1. The highest BCUT2D eigenvalue weighted by Crippen LogP contribution is 2.44. The molecule has 0 spiro atoms. The fourth-order valence-electron chi connectivity index (χ4n) is 5.78. The molecule has 4 aromatic rings. The van der Waals surface area contributed by atoms with E-state index < -0.39 is 24.4 Å². The van der Waals surface area contributed by atoms with Gasteiger partial charge in [0.2, 0.25) is 0 Å². The molecule has 7 heteroatoms. The Morgan fingerprint density at radius 3 is 2.10 bits per heavy atom. The quantitative estimate of drug-likeness (QED) is 0.191. The van der Waals surface area contributed by atoms with E-state index in [1.807, 2.05) is 94.4 Å². The molecule has 212 valence electrons. The molecule has 1 saturated heterocycles. The van der Waals surface area contributed by atoms with E-state index in [1.165, 1.54) is 11.1 Å². The third kappa shape index (κ3) is 5.04. The summed E-state index contributed by atoms with van der Waals surface area (Å²) in [6.45, 7) is 8.27.